The zero-order valence-electron chi connectivity index (χ0n) is 15.3. The highest BCUT2D eigenvalue weighted by Crippen LogP contribution is 2.33. The molecule has 3 rings (SSSR count). The lowest BCUT2D eigenvalue weighted by Crippen LogP contribution is -2.47. The number of halogens is 2. The first-order valence-corrected chi connectivity index (χ1v) is 8.96. The molecule has 1 aliphatic rings. The summed E-state index contributed by atoms with van der Waals surface area (Å²) in [7, 11) is 0. The van der Waals surface area contributed by atoms with E-state index in [9.17, 15) is 24.1 Å². The topological polar surface area (TPSA) is 69.9 Å². The molecule has 0 radical (unpaired) electrons. The highest BCUT2D eigenvalue weighted by Gasteiger charge is 2.37. The highest BCUT2D eigenvalue weighted by atomic mass is 19.1. The van der Waals surface area contributed by atoms with E-state index in [1.807, 2.05) is 19.1 Å². The fraction of sp³-hybridized carbons (Fsp3) is 0.429. The Kier molecular flexibility index (Phi) is 5.91. The molecule has 3 N–H and O–H groups in total. The van der Waals surface area contributed by atoms with E-state index in [0.717, 1.165) is 16.7 Å². The van der Waals surface area contributed by atoms with Gasteiger partial charge >= 0.3 is 0 Å². The van der Waals surface area contributed by atoms with Gasteiger partial charge in [-0.05, 0) is 48.2 Å². The molecule has 0 aliphatic carbocycles. The quantitative estimate of drug-likeness (QED) is 0.765. The van der Waals surface area contributed by atoms with Crippen LogP contribution in [0.2, 0.25) is 0 Å². The third-order valence-electron chi connectivity index (χ3n) is 5.15. The van der Waals surface area contributed by atoms with Crippen LogP contribution in [0.1, 0.15) is 40.3 Å². The fourth-order valence-corrected chi connectivity index (χ4v) is 3.49. The monoisotopic (exact) mass is 378 g/mol. The molecule has 0 unspecified atom stereocenters. The van der Waals surface area contributed by atoms with Gasteiger partial charge in [-0.3, -0.25) is 0 Å². The molecule has 146 valence electrons. The molecule has 4 atom stereocenters. The van der Waals surface area contributed by atoms with Crippen LogP contribution in [0.15, 0.2) is 30.3 Å². The molecule has 0 spiro atoms. The molecule has 27 heavy (non-hydrogen) atoms. The summed E-state index contributed by atoms with van der Waals surface area (Å²) >= 11 is 0. The van der Waals surface area contributed by atoms with Crippen molar-refractivity contribution in [3.05, 3.63) is 69.8 Å². The molecule has 0 saturated carbocycles. The van der Waals surface area contributed by atoms with E-state index in [0.29, 0.717) is 5.56 Å². The average Bonchev–Trinajstić information content (AvgIpc) is 2.61. The number of hydrogen-bond acceptors (Lipinski definition) is 4. The molecular formula is C21H24F2O4. The Hall–Kier alpha value is -1.86. The SMILES string of the molecule is Cc1cc(F)c(Cc2cc([C@H]3C[C@@H](O)[C@H](O)[C@@H](CO)O3)ccc2C)c(F)c1. The number of benzene rings is 2. The lowest BCUT2D eigenvalue weighted by Gasteiger charge is -2.36. The molecule has 0 bridgehead atoms. The number of hydrogen-bond donors (Lipinski definition) is 3. The molecule has 1 heterocycles. The predicted molar refractivity (Wildman–Crippen MR) is 96.4 cm³/mol. The van der Waals surface area contributed by atoms with Crippen molar-refractivity contribution in [1.29, 1.82) is 0 Å². The third kappa shape index (κ3) is 4.19. The van der Waals surface area contributed by atoms with E-state index in [4.69, 9.17) is 4.74 Å². The van der Waals surface area contributed by atoms with Crippen LogP contribution < -0.4 is 0 Å². The van der Waals surface area contributed by atoms with Gasteiger partial charge in [0.2, 0.25) is 0 Å². The van der Waals surface area contributed by atoms with Crippen LogP contribution in [0.4, 0.5) is 8.78 Å². The van der Waals surface area contributed by atoms with Crippen molar-refractivity contribution >= 4 is 0 Å². The molecule has 0 aromatic heterocycles. The van der Waals surface area contributed by atoms with E-state index in [-0.39, 0.29) is 18.4 Å². The van der Waals surface area contributed by atoms with Gasteiger partial charge in [-0.1, -0.05) is 18.2 Å². The van der Waals surface area contributed by atoms with Crippen LogP contribution >= 0.6 is 0 Å². The van der Waals surface area contributed by atoms with Gasteiger partial charge in [0, 0.05) is 18.4 Å². The van der Waals surface area contributed by atoms with Gasteiger partial charge < -0.3 is 20.1 Å². The zero-order valence-corrected chi connectivity index (χ0v) is 15.3. The number of rotatable bonds is 4. The Bertz CT molecular complexity index is 801. The summed E-state index contributed by atoms with van der Waals surface area (Å²) in [6.07, 6.45) is -3.29. The number of aliphatic hydroxyl groups is 3. The van der Waals surface area contributed by atoms with Gasteiger partial charge in [0.05, 0.1) is 18.8 Å². The molecule has 2 aromatic rings. The summed E-state index contributed by atoms with van der Waals surface area (Å²) in [6.45, 7) is 3.09. The van der Waals surface area contributed by atoms with E-state index < -0.39 is 42.7 Å². The molecule has 1 saturated heterocycles. The maximum atomic E-state index is 14.2. The Labute approximate surface area is 157 Å². The average molecular weight is 378 g/mol. The lowest BCUT2D eigenvalue weighted by molar-refractivity contribution is -0.181. The van der Waals surface area contributed by atoms with Crippen molar-refractivity contribution in [3.8, 4) is 0 Å². The van der Waals surface area contributed by atoms with Crippen LogP contribution in [0.5, 0.6) is 0 Å². The first kappa shape index (κ1) is 19.9. The van der Waals surface area contributed by atoms with Crippen LogP contribution in [-0.2, 0) is 11.2 Å². The second-order valence-corrected chi connectivity index (χ2v) is 7.21. The summed E-state index contributed by atoms with van der Waals surface area (Å²) in [5.74, 6) is -1.16. The third-order valence-corrected chi connectivity index (χ3v) is 5.15. The molecule has 6 heteroatoms. The first-order valence-electron chi connectivity index (χ1n) is 8.96. The van der Waals surface area contributed by atoms with Gasteiger partial charge in [0.1, 0.15) is 23.8 Å². The minimum absolute atomic E-state index is 0.00843. The van der Waals surface area contributed by atoms with Crippen LogP contribution in [0.3, 0.4) is 0 Å². The van der Waals surface area contributed by atoms with E-state index in [1.165, 1.54) is 12.1 Å². The largest absolute Gasteiger partial charge is 0.394 e. The van der Waals surface area contributed by atoms with E-state index in [1.54, 1.807) is 13.0 Å². The maximum Gasteiger partial charge on any atom is 0.129 e. The molecule has 0 amide bonds. The normalized spacial score (nSPS) is 25.6. The molecule has 4 nitrogen and oxygen atoms in total. The number of aryl methyl sites for hydroxylation is 2. The first-order chi connectivity index (χ1) is 12.8. The van der Waals surface area contributed by atoms with Gasteiger partial charge in [0.15, 0.2) is 0 Å². The molecule has 1 fully saturated rings. The Morgan fingerprint density at radius 2 is 1.74 bits per heavy atom. The predicted octanol–water partition coefficient (Wildman–Crippen LogP) is 2.72. The summed E-state index contributed by atoms with van der Waals surface area (Å²) in [6, 6.07) is 8.09. The zero-order chi connectivity index (χ0) is 19.7. The second kappa shape index (κ2) is 8.02. The molecular weight excluding hydrogens is 354 g/mol. The maximum absolute atomic E-state index is 14.2. The van der Waals surface area contributed by atoms with Gasteiger partial charge in [-0.15, -0.1) is 0 Å². The van der Waals surface area contributed by atoms with Crippen LogP contribution in [0.25, 0.3) is 0 Å². The minimum atomic E-state index is -1.15. The van der Waals surface area contributed by atoms with Crippen LogP contribution in [-0.4, -0.2) is 40.2 Å². The Balaban J connectivity index is 1.89. The van der Waals surface area contributed by atoms with Crippen molar-refractivity contribution in [3.63, 3.8) is 0 Å². The number of ether oxygens (including phenoxy) is 1. The van der Waals surface area contributed by atoms with Gasteiger partial charge in [-0.2, -0.15) is 0 Å². The van der Waals surface area contributed by atoms with Crippen LogP contribution in [0, 0.1) is 25.5 Å². The lowest BCUT2D eigenvalue weighted by atomic mass is 9.91. The smallest absolute Gasteiger partial charge is 0.129 e. The summed E-state index contributed by atoms with van der Waals surface area (Å²) < 4.78 is 34.1. The molecule has 2 aromatic carbocycles. The highest BCUT2D eigenvalue weighted by molar-refractivity contribution is 5.38. The Morgan fingerprint density at radius 1 is 1.07 bits per heavy atom. The van der Waals surface area contributed by atoms with Gasteiger partial charge in [0.25, 0.3) is 0 Å². The minimum Gasteiger partial charge on any atom is -0.394 e. The van der Waals surface area contributed by atoms with Crippen molar-refractivity contribution in [2.75, 3.05) is 6.61 Å². The second-order valence-electron chi connectivity index (χ2n) is 7.21. The summed E-state index contributed by atoms with van der Waals surface area (Å²) in [5, 5.41) is 29.2. The van der Waals surface area contributed by atoms with Crippen molar-refractivity contribution in [1.82, 2.24) is 0 Å². The fourth-order valence-electron chi connectivity index (χ4n) is 3.49. The van der Waals surface area contributed by atoms with E-state index in [2.05, 4.69) is 0 Å². The summed E-state index contributed by atoms with van der Waals surface area (Å²) in [5.41, 5.74) is 2.89. The van der Waals surface area contributed by atoms with Crippen molar-refractivity contribution in [2.45, 2.75) is 51.1 Å². The summed E-state index contributed by atoms with van der Waals surface area (Å²) in [4.78, 5) is 0. The van der Waals surface area contributed by atoms with Crippen molar-refractivity contribution in [2.24, 2.45) is 0 Å². The standard InChI is InChI=1S/C21H24F2O4/c1-11-5-16(22)15(17(23)6-11)8-14-7-13(4-3-12(14)2)19-9-18(25)21(26)20(10-24)27-19/h3-7,18-21,24-26H,8-10H2,1-2H3/t18-,19-,20-,21+/m1/s1. The van der Waals surface area contributed by atoms with E-state index >= 15 is 0 Å². The Morgan fingerprint density at radius 3 is 2.37 bits per heavy atom. The number of aliphatic hydroxyl groups excluding tert-OH is 3. The molecule has 1 aliphatic heterocycles. The van der Waals surface area contributed by atoms with Crippen molar-refractivity contribution < 1.29 is 28.8 Å². The van der Waals surface area contributed by atoms with Gasteiger partial charge in [-0.25, -0.2) is 8.78 Å².